The van der Waals surface area contributed by atoms with Gasteiger partial charge in [-0.3, -0.25) is 4.79 Å². The van der Waals surface area contributed by atoms with Crippen LogP contribution in [0.1, 0.15) is 53.5 Å². The predicted molar refractivity (Wildman–Crippen MR) is 124 cm³/mol. The molecule has 2 N–H and O–H groups in total. The average molecular weight is 442 g/mol. The van der Waals surface area contributed by atoms with Crippen molar-refractivity contribution in [3.8, 4) is 0 Å². The van der Waals surface area contributed by atoms with E-state index in [1.807, 2.05) is 51.1 Å². The van der Waals surface area contributed by atoms with Crippen molar-refractivity contribution >= 4 is 25.6 Å². The van der Waals surface area contributed by atoms with Crippen LogP contribution in [-0.2, 0) is 27.0 Å². The molecule has 0 aliphatic rings. The zero-order valence-electron chi connectivity index (χ0n) is 19.2. The van der Waals surface area contributed by atoms with E-state index in [4.69, 9.17) is 4.43 Å². The molecule has 1 rings (SSSR count). The van der Waals surface area contributed by atoms with Crippen LogP contribution in [-0.4, -0.2) is 41.3 Å². The van der Waals surface area contributed by atoms with Crippen molar-refractivity contribution in [2.75, 3.05) is 6.61 Å². The topological polar surface area (TPSA) is 81.6 Å². The summed E-state index contributed by atoms with van der Waals surface area (Å²) >= 11 is -1.28. The molecule has 0 radical (unpaired) electrons. The monoisotopic (exact) mass is 441 g/mol. The second-order valence-electron chi connectivity index (χ2n) is 10.2. The van der Waals surface area contributed by atoms with Gasteiger partial charge in [0.15, 0.2) is 8.32 Å². The van der Waals surface area contributed by atoms with E-state index in [2.05, 4.69) is 38.6 Å². The van der Waals surface area contributed by atoms with Gasteiger partial charge in [-0.2, -0.15) is 0 Å². The largest absolute Gasteiger partial charge is 0.598 e. The molecule has 0 amide bonds. The summed E-state index contributed by atoms with van der Waals surface area (Å²) in [5, 5.41) is 9.83. The molecule has 1 aromatic rings. The molecule has 0 saturated carbocycles. The maximum atomic E-state index is 12.7. The lowest BCUT2D eigenvalue weighted by atomic mass is 9.96. The first-order valence-corrected chi connectivity index (χ1v) is 14.3. The lowest BCUT2D eigenvalue weighted by molar-refractivity contribution is -0.143. The Morgan fingerprint density at radius 2 is 1.72 bits per heavy atom. The first-order chi connectivity index (χ1) is 13.1. The Labute approximate surface area is 181 Å². The number of hydrogen-bond donors (Lipinski definition) is 2. The Morgan fingerprint density at radius 1 is 1.17 bits per heavy atom. The minimum atomic E-state index is -2.04. The Hall–Kier alpha value is -0.863. The average Bonchev–Trinajstić information content (AvgIpc) is 2.57. The van der Waals surface area contributed by atoms with Crippen LogP contribution in [0.4, 0.5) is 0 Å². The highest BCUT2D eigenvalue weighted by molar-refractivity contribution is 7.90. The van der Waals surface area contributed by atoms with Crippen LogP contribution in [0.15, 0.2) is 30.3 Å². The fourth-order valence-electron chi connectivity index (χ4n) is 2.51. The van der Waals surface area contributed by atoms with Gasteiger partial charge in [0.25, 0.3) is 0 Å². The minimum Gasteiger partial charge on any atom is -0.598 e. The summed E-state index contributed by atoms with van der Waals surface area (Å²) in [7, 11) is -2.04. The van der Waals surface area contributed by atoms with Gasteiger partial charge in [0.05, 0.1) is 12.0 Å². The van der Waals surface area contributed by atoms with Gasteiger partial charge >= 0.3 is 5.97 Å². The van der Waals surface area contributed by atoms with Gasteiger partial charge in [-0.25, -0.2) is 0 Å². The lowest BCUT2D eigenvalue weighted by Gasteiger charge is -2.37. The standard InChI is InChI=1S/C22H39NO4SSi/c1-21(2,3)28(26)23-19(14-17-12-10-9-11-13-17)15-18(20(24)25)16-27-29(7,8)22(4,5)6/h9-13,18-19,23H,14-16H2,1-8H3,(H,24,25). The summed E-state index contributed by atoms with van der Waals surface area (Å²) in [6.07, 6.45) is 0.979. The van der Waals surface area contributed by atoms with Crippen molar-refractivity contribution in [3.05, 3.63) is 35.9 Å². The highest BCUT2D eigenvalue weighted by Gasteiger charge is 2.39. The van der Waals surface area contributed by atoms with E-state index < -0.39 is 36.3 Å². The third-order valence-corrected chi connectivity index (χ3v) is 11.7. The van der Waals surface area contributed by atoms with Gasteiger partial charge in [0.2, 0.25) is 0 Å². The number of carboxylic acids is 1. The van der Waals surface area contributed by atoms with Crippen molar-refractivity contribution in [2.45, 2.75) is 83.3 Å². The van der Waals surface area contributed by atoms with Crippen LogP contribution >= 0.6 is 0 Å². The molecule has 0 aromatic heterocycles. The van der Waals surface area contributed by atoms with E-state index in [-0.39, 0.29) is 17.7 Å². The van der Waals surface area contributed by atoms with E-state index in [9.17, 15) is 14.5 Å². The molecule has 5 nitrogen and oxygen atoms in total. The summed E-state index contributed by atoms with van der Waals surface area (Å²) in [6, 6.07) is 9.67. The number of aliphatic carboxylic acids is 1. The highest BCUT2D eigenvalue weighted by Crippen LogP contribution is 2.37. The van der Waals surface area contributed by atoms with Crippen molar-refractivity contribution in [2.24, 2.45) is 5.92 Å². The summed E-state index contributed by atoms with van der Waals surface area (Å²) in [5.74, 6) is -1.52. The van der Waals surface area contributed by atoms with Crippen LogP contribution in [0, 0.1) is 5.92 Å². The van der Waals surface area contributed by atoms with Crippen LogP contribution in [0.2, 0.25) is 18.1 Å². The Kier molecular flexibility index (Phi) is 9.42. The van der Waals surface area contributed by atoms with Crippen molar-refractivity contribution < 1.29 is 18.9 Å². The zero-order valence-corrected chi connectivity index (χ0v) is 21.1. The molecule has 0 fully saturated rings. The molecule has 0 saturated heterocycles. The van der Waals surface area contributed by atoms with E-state index in [1.165, 1.54) is 0 Å². The van der Waals surface area contributed by atoms with Gasteiger partial charge < -0.3 is 14.1 Å². The fourth-order valence-corrected chi connectivity index (χ4v) is 4.40. The van der Waals surface area contributed by atoms with Crippen LogP contribution in [0.25, 0.3) is 0 Å². The lowest BCUT2D eigenvalue weighted by Crippen LogP contribution is -2.47. The zero-order chi connectivity index (χ0) is 22.5. The summed E-state index contributed by atoms with van der Waals surface area (Å²) in [4.78, 5) is 12.0. The smallest absolute Gasteiger partial charge is 0.308 e. The molecule has 7 heteroatoms. The van der Waals surface area contributed by atoms with Gasteiger partial charge in [0, 0.05) is 18.0 Å². The molecule has 0 bridgehead atoms. The van der Waals surface area contributed by atoms with Gasteiger partial charge in [-0.15, -0.1) is 4.72 Å². The van der Waals surface area contributed by atoms with Crippen molar-refractivity contribution in [1.29, 1.82) is 0 Å². The molecule has 0 heterocycles. The number of carbonyl (C=O) groups is 1. The maximum Gasteiger partial charge on any atom is 0.308 e. The molecule has 1 aromatic carbocycles. The van der Waals surface area contributed by atoms with E-state index in [0.29, 0.717) is 12.8 Å². The first-order valence-electron chi connectivity index (χ1n) is 10.2. The number of nitrogens with one attached hydrogen (secondary N) is 1. The van der Waals surface area contributed by atoms with Gasteiger partial charge in [-0.05, 0) is 57.3 Å². The van der Waals surface area contributed by atoms with Crippen LogP contribution in [0.3, 0.4) is 0 Å². The Balaban J connectivity index is 2.95. The molecule has 3 atom stereocenters. The molecule has 166 valence electrons. The summed E-state index contributed by atoms with van der Waals surface area (Å²) < 4.78 is 21.6. The van der Waals surface area contributed by atoms with Crippen molar-refractivity contribution in [3.63, 3.8) is 0 Å². The van der Waals surface area contributed by atoms with E-state index >= 15 is 0 Å². The molecule has 29 heavy (non-hydrogen) atoms. The third-order valence-electron chi connectivity index (χ3n) is 5.52. The third kappa shape index (κ3) is 8.80. The normalized spacial score (nSPS) is 16.3. The number of carboxylic acid groups (broad SMARTS) is 1. The second kappa shape index (κ2) is 10.4. The Bertz CT molecular complexity index is 640. The SMILES string of the molecule is CC(C)(C)[S+]([O-])NC(Cc1ccccc1)CC(CO[Si](C)(C)C(C)(C)C)C(=O)O. The van der Waals surface area contributed by atoms with E-state index in [1.54, 1.807) is 0 Å². The summed E-state index contributed by atoms with van der Waals surface area (Å²) in [5.41, 5.74) is 1.09. The molecular weight excluding hydrogens is 402 g/mol. The molecule has 0 aliphatic carbocycles. The van der Waals surface area contributed by atoms with Gasteiger partial charge in [-0.1, -0.05) is 51.1 Å². The van der Waals surface area contributed by atoms with Crippen LogP contribution < -0.4 is 4.72 Å². The second-order valence-corrected chi connectivity index (χ2v) is 17.0. The number of rotatable bonds is 10. The number of benzene rings is 1. The molecule has 3 unspecified atom stereocenters. The maximum absolute atomic E-state index is 12.7. The molecule has 0 spiro atoms. The molecule has 0 aliphatic heterocycles. The first kappa shape index (κ1) is 26.2. The molecular formula is C22H39NO4SSi. The summed E-state index contributed by atoms with van der Waals surface area (Å²) in [6.45, 7) is 16.6. The van der Waals surface area contributed by atoms with E-state index in [0.717, 1.165) is 5.56 Å². The van der Waals surface area contributed by atoms with Crippen molar-refractivity contribution in [1.82, 2.24) is 4.72 Å². The minimum absolute atomic E-state index is 0.0193. The Morgan fingerprint density at radius 3 is 2.17 bits per heavy atom. The predicted octanol–water partition coefficient (Wildman–Crippen LogP) is 4.76. The quantitative estimate of drug-likeness (QED) is 0.404. The van der Waals surface area contributed by atoms with Gasteiger partial charge in [0.1, 0.15) is 4.75 Å². The van der Waals surface area contributed by atoms with Crippen LogP contribution in [0.5, 0.6) is 0 Å². The number of hydrogen-bond acceptors (Lipinski definition) is 4. The fraction of sp³-hybridized carbons (Fsp3) is 0.682. The highest BCUT2D eigenvalue weighted by atomic mass is 32.2.